The number of nitrogens with one attached hydrogen (secondary N) is 2. The summed E-state index contributed by atoms with van der Waals surface area (Å²) in [6.07, 6.45) is 1.57. The molecule has 0 atom stereocenters. The lowest BCUT2D eigenvalue weighted by Crippen LogP contribution is -2.45. The first kappa shape index (κ1) is 26.7. The van der Waals surface area contributed by atoms with Crippen molar-refractivity contribution in [1.29, 1.82) is 0 Å². The molecule has 0 aromatic rings. The van der Waals surface area contributed by atoms with Crippen molar-refractivity contribution in [2.75, 3.05) is 45.9 Å². The molecular formula is C15H30F3IN4O3S. The molecule has 27 heavy (non-hydrogen) atoms. The monoisotopic (exact) mass is 530 g/mol. The zero-order chi connectivity index (χ0) is 19.6. The quantitative estimate of drug-likeness (QED) is 0.207. The fourth-order valence-electron chi connectivity index (χ4n) is 2.57. The lowest BCUT2D eigenvalue weighted by Gasteiger charge is -2.30. The molecule has 1 aliphatic heterocycles. The molecule has 1 rings (SSSR count). The summed E-state index contributed by atoms with van der Waals surface area (Å²) < 4.78 is 66.3. The average Bonchev–Trinajstić information content (AvgIpc) is 2.58. The SMILES string of the molecule is CCNC(=NCC1CCN(S(=O)(=O)C(F)(F)F)CC1)NCCCOCC.I. The second-order valence-corrected chi connectivity index (χ2v) is 7.92. The van der Waals surface area contributed by atoms with E-state index in [1.165, 1.54) is 0 Å². The summed E-state index contributed by atoms with van der Waals surface area (Å²) in [7, 11) is -5.22. The third kappa shape index (κ3) is 9.13. The van der Waals surface area contributed by atoms with Crippen LogP contribution in [0.25, 0.3) is 0 Å². The minimum absolute atomic E-state index is 0. The van der Waals surface area contributed by atoms with E-state index in [4.69, 9.17) is 4.74 Å². The Hall–Kier alpha value is -0.340. The molecule has 1 aliphatic rings. The van der Waals surface area contributed by atoms with Crippen molar-refractivity contribution < 1.29 is 26.3 Å². The highest BCUT2D eigenvalue weighted by atomic mass is 127. The second-order valence-electron chi connectivity index (χ2n) is 5.99. The highest BCUT2D eigenvalue weighted by Crippen LogP contribution is 2.30. The predicted octanol–water partition coefficient (Wildman–Crippen LogP) is 2.15. The summed E-state index contributed by atoms with van der Waals surface area (Å²) in [5.74, 6) is 0.711. The zero-order valence-electron chi connectivity index (χ0n) is 15.7. The van der Waals surface area contributed by atoms with Gasteiger partial charge in [0.2, 0.25) is 0 Å². The minimum atomic E-state index is -5.23. The molecule has 0 spiro atoms. The van der Waals surface area contributed by atoms with Gasteiger partial charge in [0.25, 0.3) is 0 Å². The Morgan fingerprint density at radius 1 is 1.22 bits per heavy atom. The van der Waals surface area contributed by atoms with Gasteiger partial charge < -0.3 is 15.4 Å². The van der Waals surface area contributed by atoms with Crippen LogP contribution < -0.4 is 10.6 Å². The Balaban J connectivity index is 0.00000676. The third-order valence-electron chi connectivity index (χ3n) is 4.02. The summed E-state index contributed by atoms with van der Waals surface area (Å²) in [5.41, 5.74) is -5.23. The van der Waals surface area contributed by atoms with E-state index < -0.39 is 15.5 Å². The first-order chi connectivity index (χ1) is 12.2. The number of sulfonamides is 1. The maximum atomic E-state index is 12.6. The first-order valence-corrected chi connectivity index (χ1v) is 10.3. The molecule has 0 bridgehead atoms. The molecule has 0 aliphatic carbocycles. The van der Waals surface area contributed by atoms with Gasteiger partial charge in [0.1, 0.15) is 0 Å². The summed E-state index contributed by atoms with van der Waals surface area (Å²) in [6, 6.07) is 0. The van der Waals surface area contributed by atoms with Crippen LogP contribution in [-0.2, 0) is 14.8 Å². The van der Waals surface area contributed by atoms with Gasteiger partial charge in [-0.1, -0.05) is 0 Å². The molecule has 12 heteroatoms. The number of nitrogens with zero attached hydrogens (tertiary/aromatic N) is 2. The standard InChI is InChI=1S/C15H29F3N4O3S.HI/c1-3-19-14(20-8-5-11-25-4-2)21-12-13-6-9-22(10-7-13)26(23,24)15(16,17)18;/h13H,3-12H2,1-2H3,(H2,19,20,21);1H. The van der Waals surface area contributed by atoms with Crippen molar-refractivity contribution in [2.24, 2.45) is 10.9 Å². The summed E-state index contributed by atoms with van der Waals surface area (Å²) in [6.45, 7) is 6.81. The van der Waals surface area contributed by atoms with E-state index >= 15 is 0 Å². The lowest BCUT2D eigenvalue weighted by atomic mass is 9.98. The average molecular weight is 530 g/mol. The van der Waals surface area contributed by atoms with Crippen LogP contribution >= 0.6 is 24.0 Å². The van der Waals surface area contributed by atoms with E-state index in [-0.39, 0.29) is 43.0 Å². The van der Waals surface area contributed by atoms with E-state index in [9.17, 15) is 21.6 Å². The number of hydrogen-bond donors (Lipinski definition) is 2. The van der Waals surface area contributed by atoms with Crippen molar-refractivity contribution in [3.8, 4) is 0 Å². The molecule has 0 amide bonds. The van der Waals surface area contributed by atoms with Crippen LogP contribution in [0.15, 0.2) is 4.99 Å². The van der Waals surface area contributed by atoms with Gasteiger partial charge in [0.15, 0.2) is 5.96 Å². The molecule has 0 saturated carbocycles. The van der Waals surface area contributed by atoms with Gasteiger partial charge in [-0.15, -0.1) is 24.0 Å². The highest BCUT2D eigenvalue weighted by molar-refractivity contribution is 14.0. The van der Waals surface area contributed by atoms with Crippen LogP contribution in [0, 0.1) is 5.92 Å². The van der Waals surface area contributed by atoms with Crippen molar-refractivity contribution in [2.45, 2.75) is 38.6 Å². The number of aliphatic imine (C=N–C) groups is 1. The Kier molecular flexibility index (Phi) is 12.8. The number of hydrogen-bond acceptors (Lipinski definition) is 4. The fraction of sp³-hybridized carbons (Fsp3) is 0.933. The van der Waals surface area contributed by atoms with Crippen molar-refractivity contribution >= 4 is 40.0 Å². The number of alkyl halides is 3. The first-order valence-electron chi connectivity index (χ1n) is 8.88. The largest absolute Gasteiger partial charge is 0.511 e. The Labute approximate surface area is 176 Å². The number of halogens is 4. The summed E-state index contributed by atoms with van der Waals surface area (Å²) >= 11 is 0. The Morgan fingerprint density at radius 2 is 1.85 bits per heavy atom. The molecule has 162 valence electrons. The van der Waals surface area contributed by atoms with E-state index in [0.29, 0.717) is 56.0 Å². The maximum absolute atomic E-state index is 12.6. The molecule has 1 fully saturated rings. The molecule has 0 unspecified atom stereocenters. The van der Waals surface area contributed by atoms with Crippen LogP contribution in [0.4, 0.5) is 13.2 Å². The number of ether oxygens (including phenoxy) is 1. The highest BCUT2D eigenvalue weighted by Gasteiger charge is 2.50. The number of piperidine rings is 1. The Morgan fingerprint density at radius 3 is 2.37 bits per heavy atom. The topological polar surface area (TPSA) is 83.0 Å². The summed E-state index contributed by atoms with van der Waals surface area (Å²) in [4.78, 5) is 4.45. The Bertz CT molecular complexity index is 539. The maximum Gasteiger partial charge on any atom is 0.511 e. The normalized spacial score (nSPS) is 17.4. The minimum Gasteiger partial charge on any atom is -0.382 e. The van der Waals surface area contributed by atoms with Crippen molar-refractivity contribution in [3.63, 3.8) is 0 Å². The lowest BCUT2D eigenvalue weighted by molar-refractivity contribution is -0.0496. The molecule has 2 N–H and O–H groups in total. The molecule has 0 aromatic carbocycles. The van der Waals surface area contributed by atoms with E-state index in [1.54, 1.807) is 0 Å². The van der Waals surface area contributed by atoms with Gasteiger partial charge in [-0.25, -0.2) is 8.42 Å². The van der Waals surface area contributed by atoms with Gasteiger partial charge in [-0.05, 0) is 39.0 Å². The smallest absolute Gasteiger partial charge is 0.382 e. The van der Waals surface area contributed by atoms with Crippen molar-refractivity contribution in [1.82, 2.24) is 14.9 Å². The van der Waals surface area contributed by atoms with Crippen LogP contribution in [0.3, 0.4) is 0 Å². The van der Waals surface area contributed by atoms with Crippen LogP contribution in [0.2, 0.25) is 0 Å². The van der Waals surface area contributed by atoms with Gasteiger partial charge in [0.05, 0.1) is 0 Å². The van der Waals surface area contributed by atoms with Crippen LogP contribution in [0.1, 0.15) is 33.1 Å². The van der Waals surface area contributed by atoms with Gasteiger partial charge in [-0.3, -0.25) is 4.99 Å². The fourth-order valence-corrected chi connectivity index (χ4v) is 3.55. The molecular weight excluding hydrogens is 500 g/mol. The number of guanidine groups is 1. The molecule has 7 nitrogen and oxygen atoms in total. The molecule has 1 heterocycles. The summed E-state index contributed by atoms with van der Waals surface area (Å²) in [5, 5.41) is 6.28. The van der Waals surface area contributed by atoms with Crippen LogP contribution in [-0.4, -0.2) is 70.1 Å². The van der Waals surface area contributed by atoms with Gasteiger partial charge >= 0.3 is 15.5 Å². The predicted molar refractivity (Wildman–Crippen MR) is 110 cm³/mol. The molecule has 1 saturated heterocycles. The number of rotatable bonds is 9. The third-order valence-corrected chi connectivity index (χ3v) is 5.65. The van der Waals surface area contributed by atoms with E-state index in [0.717, 1.165) is 6.42 Å². The molecule has 0 aromatic heterocycles. The zero-order valence-corrected chi connectivity index (χ0v) is 18.9. The molecule has 0 radical (unpaired) electrons. The van der Waals surface area contributed by atoms with Crippen molar-refractivity contribution in [3.05, 3.63) is 0 Å². The van der Waals surface area contributed by atoms with E-state index in [2.05, 4.69) is 15.6 Å². The van der Waals surface area contributed by atoms with E-state index in [1.807, 2.05) is 13.8 Å². The second kappa shape index (κ2) is 13.0. The van der Waals surface area contributed by atoms with Gasteiger partial charge in [0, 0.05) is 45.9 Å². The van der Waals surface area contributed by atoms with Gasteiger partial charge in [-0.2, -0.15) is 17.5 Å². The van der Waals surface area contributed by atoms with Crippen LogP contribution in [0.5, 0.6) is 0 Å².